The average molecular weight is 301 g/mol. The quantitative estimate of drug-likeness (QED) is 0.795. The van der Waals surface area contributed by atoms with Gasteiger partial charge in [-0.05, 0) is 18.1 Å². The fraction of sp³-hybridized carbons (Fsp3) is 0.312. The summed E-state index contributed by atoms with van der Waals surface area (Å²) in [6, 6.07) is 6.63. The average Bonchev–Trinajstić information content (AvgIpc) is 2.92. The van der Waals surface area contributed by atoms with Crippen LogP contribution in [0.3, 0.4) is 0 Å². The Labute approximate surface area is 128 Å². The highest BCUT2D eigenvalue weighted by Crippen LogP contribution is 2.15. The Morgan fingerprint density at radius 3 is 2.77 bits per heavy atom. The van der Waals surface area contributed by atoms with E-state index in [1.165, 1.54) is 12.2 Å². The SMILES string of the molecule is CCC(C)C(NC(=O)C=Cc1nc2ccccc2o1)C(N)=O. The molecule has 3 N–H and O–H groups in total. The van der Waals surface area contributed by atoms with E-state index in [0.717, 1.165) is 11.9 Å². The molecule has 0 fully saturated rings. The van der Waals surface area contributed by atoms with E-state index in [9.17, 15) is 9.59 Å². The molecule has 0 saturated carbocycles. The molecule has 0 radical (unpaired) electrons. The first kappa shape index (κ1) is 15.8. The second kappa shape index (κ2) is 6.89. The maximum absolute atomic E-state index is 11.9. The van der Waals surface area contributed by atoms with E-state index in [-0.39, 0.29) is 5.92 Å². The number of rotatable bonds is 6. The molecular formula is C16H19N3O3. The number of primary amides is 1. The maximum Gasteiger partial charge on any atom is 0.244 e. The van der Waals surface area contributed by atoms with Crippen molar-refractivity contribution in [2.45, 2.75) is 26.3 Å². The number of carbonyl (C=O) groups is 2. The van der Waals surface area contributed by atoms with Crippen LogP contribution >= 0.6 is 0 Å². The molecule has 6 nitrogen and oxygen atoms in total. The number of aromatic nitrogens is 1. The van der Waals surface area contributed by atoms with Gasteiger partial charge in [-0.3, -0.25) is 9.59 Å². The zero-order valence-electron chi connectivity index (χ0n) is 12.6. The number of hydrogen-bond donors (Lipinski definition) is 2. The highest BCUT2D eigenvalue weighted by atomic mass is 16.3. The molecule has 0 saturated heterocycles. The maximum atomic E-state index is 11.9. The molecule has 1 heterocycles. The van der Waals surface area contributed by atoms with Crippen LogP contribution in [0.5, 0.6) is 0 Å². The summed E-state index contributed by atoms with van der Waals surface area (Å²) in [4.78, 5) is 27.5. The predicted molar refractivity (Wildman–Crippen MR) is 83.6 cm³/mol. The Balaban J connectivity index is 2.05. The second-order valence-corrected chi connectivity index (χ2v) is 5.13. The molecule has 6 heteroatoms. The monoisotopic (exact) mass is 301 g/mol. The first-order valence-corrected chi connectivity index (χ1v) is 7.14. The largest absolute Gasteiger partial charge is 0.437 e. The minimum Gasteiger partial charge on any atom is -0.437 e. The van der Waals surface area contributed by atoms with Gasteiger partial charge in [0.2, 0.25) is 17.7 Å². The van der Waals surface area contributed by atoms with Gasteiger partial charge >= 0.3 is 0 Å². The van der Waals surface area contributed by atoms with Crippen LogP contribution in [0.1, 0.15) is 26.2 Å². The molecule has 2 unspecified atom stereocenters. The number of para-hydroxylation sites is 2. The summed E-state index contributed by atoms with van der Waals surface area (Å²) in [6.45, 7) is 3.79. The van der Waals surface area contributed by atoms with Crippen molar-refractivity contribution in [1.82, 2.24) is 10.3 Å². The molecule has 22 heavy (non-hydrogen) atoms. The predicted octanol–water partition coefficient (Wildman–Crippen LogP) is 1.86. The number of fused-ring (bicyclic) bond motifs is 1. The van der Waals surface area contributed by atoms with Gasteiger partial charge in [0.15, 0.2) is 5.58 Å². The van der Waals surface area contributed by atoms with Crippen LogP contribution in [-0.2, 0) is 9.59 Å². The zero-order chi connectivity index (χ0) is 16.1. The summed E-state index contributed by atoms with van der Waals surface area (Å²) in [6.07, 6.45) is 3.48. The summed E-state index contributed by atoms with van der Waals surface area (Å²) in [5, 5.41) is 2.60. The molecule has 2 amide bonds. The van der Waals surface area contributed by atoms with Gasteiger partial charge in [0.1, 0.15) is 11.6 Å². The zero-order valence-corrected chi connectivity index (χ0v) is 12.6. The molecule has 1 aromatic carbocycles. The first-order valence-electron chi connectivity index (χ1n) is 7.14. The van der Waals surface area contributed by atoms with E-state index in [1.54, 1.807) is 6.07 Å². The number of amides is 2. The number of benzene rings is 1. The summed E-state index contributed by atoms with van der Waals surface area (Å²) in [5.74, 6) is -0.654. The summed E-state index contributed by atoms with van der Waals surface area (Å²) < 4.78 is 5.47. The number of oxazole rings is 1. The van der Waals surface area contributed by atoms with Gasteiger partial charge in [-0.2, -0.15) is 0 Å². The number of nitrogens with two attached hydrogens (primary N) is 1. The van der Waals surface area contributed by atoms with Gasteiger partial charge in [0.05, 0.1) is 0 Å². The van der Waals surface area contributed by atoms with Crippen LogP contribution < -0.4 is 11.1 Å². The number of nitrogens with one attached hydrogen (secondary N) is 1. The van der Waals surface area contributed by atoms with Crippen LogP contribution in [0.25, 0.3) is 17.2 Å². The van der Waals surface area contributed by atoms with Crippen molar-refractivity contribution in [3.05, 3.63) is 36.2 Å². The lowest BCUT2D eigenvalue weighted by molar-refractivity contribution is -0.126. The Kier molecular flexibility index (Phi) is 4.93. The third-order valence-electron chi connectivity index (χ3n) is 3.50. The molecule has 0 aliphatic heterocycles. The van der Waals surface area contributed by atoms with Gasteiger partial charge in [-0.1, -0.05) is 32.4 Å². The lowest BCUT2D eigenvalue weighted by atomic mass is 9.98. The van der Waals surface area contributed by atoms with Crippen LogP contribution in [-0.4, -0.2) is 22.8 Å². The molecule has 116 valence electrons. The van der Waals surface area contributed by atoms with Crippen LogP contribution in [0.15, 0.2) is 34.8 Å². The van der Waals surface area contributed by atoms with E-state index < -0.39 is 17.9 Å². The lowest BCUT2D eigenvalue weighted by Gasteiger charge is -2.20. The highest BCUT2D eigenvalue weighted by molar-refractivity contribution is 5.95. The van der Waals surface area contributed by atoms with Gasteiger partial charge in [0, 0.05) is 12.2 Å². The normalized spacial score (nSPS) is 14.1. The summed E-state index contributed by atoms with van der Waals surface area (Å²) >= 11 is 0. The van der Waals surface area contributed by atoms with Crippen molar-refractivity contribution in [3.63, 3.8) is 0 Å². The topological polar surface area (TPSA) is 98.2 Å². The van der Waals surface area contributed by atoms with Gasteiger partial charge in [-0.15, -0.1) is 0 Å². The Hall–Kier alpha value is -2.63. The van der Waals surface area contributed by atoms with Crippen LogP contribution in [0, 0.1) is 5.92 Å². The Bertz CT molecular complexity index is 672. The van der Waals surface area contributed by atoms with Crippen molar-refractivity contribution in [2.24, 2.45) is 11.7 Å². The van der Waals surface area contributed by atoms with Crippen LogP contribution in [0.4, 0.5) is 0 Å². The third kappa shape index (κ3) is 3.72. The second-order valence-electron chi connectivity index (χ2n) is 5.13. The van der Waals surface area contributed by atoms with Crippen molar-refractivity contribution in [2.75, 3.05) is 0 Å². The van der Waals surface area contributed by atoms with E-state index >= 15 is 0 Å². The highest BCUT2D eigenvalue weighted by Gasteiger charge is 2.22. The van der Waals surface area contributed by atoms with E-state index in [1.807, 2.05) is 32.0 Å². The van der Waals surface area contributed by atoms with Gasteiger partial charge in [0.25, 0.3) is 0 Å². The fourth-order valence-corrected chi connectivity index (χ4v) is 2.04. The minimum absolute atomic E-state index is 0.0285. The van der Waals surface area contributed by atoms with Gasteiger partial charge in [-0.25, -0.2) is 4.98 Å². The molecule has 2 atom stereocenters. The number of hydrogen-bond acceptors (Lipinski definition) is 4. The molecule has 0 spiro atoms. The molecule has 2 rings (SSSR count). The Morgan fingerprint density at radius 1 is 1.41 bits per heavy atom. The number of carbonyl (C=O) groups excluding carboxylic acids is 2. The minimum atomic E-state index is -0.689. The van der Waals surface area contributed by atoms with Crippen molar-refractivity contribution in [3.8, 4) is 0 Å². The summed E-state index contributed by atoms with van der Waals surface area (Å²) in [5.41, 5.74) is 6.68. The lowest BCUT2D eigenvalue weighted by Crippen LogP contribution is -2.47. The molecule has 2 aromatic rings. The molecular weight excluding hydrogens is 282 g/mol. The molecule has 1 aromatic heterocycles. The van der Waals surface area contributed by atoms with E-state index in [2.05, 4.69) is 10.3 Å². The Morgan fingerprint density at radius 2 is 2.14 bits per heavy atom. The first-order chi connectivity index (χ1) is 10.5. The van der Waals surface area contributed by atoms with Crippen LogP contribution in [0.2, 0.25) is 0 Å². The fourth-order valence-electron chi connectivity index (χ4n) is 2.04. The van der Waals surface area contributed by atoms with E-state index in [4.69, 9.17) is 10.2 Å². The van der Waals surface area contributed by atoms with Gasteiger partial charge < -0.3 is 15.5 Å². The smallest absolute Gasteiger partial charge is 0.244 e. The third-order valence-corrected chi connectivity index (χ3v) is 3.50. The molecule has 0 aliphatic carbocycles. The standard InChI is InChI=1S/C16H19N3O3/c1-3-10(2)15(16(17)21)19-13(20)8-9-14-18-11-6-4-5-7-12(11)22-14/h4-10,15H,3H2,1-2H3,(H2,17,21)(H,19,20). The summed E-state index contributed by atoms with van der Waals surface area (Å²) in [7, 11) is 0. The van der Waals surface area contributed by atoms with Crippen molar-refractivity contribution < 1.29 is 14.0 Å². The molecule has 0 bridgehead atoms. The number of nitrogens with zero attached hydrogens (tertiary/aromatic N) is 1. The van der Waals surface area contributed by atoms with Crippen molar-refractivity contribution in [1.29, 1.82) is 0 Å². The van der Waals surface area contributed by atoms with Crippen molar-refractivity contribution >= 4 is 29.0 Å². The molecule has 0 aliphatic rings. The van der Waals surface area contributed by atoms with E-state index in [0.29, 0.717) is 11.5 Å².